The number of halogens is 1. The fourth-order valence-corrected chi connectivity index (χ4v) is 2.57. The van der Waals surface area contributed by atoms with Gasteiger partial charge < -0.3 is 15.0 Å². The molecule has 4 nitrogen and oxygen atoms in total. The summed E-state index contributed by atoms with van der Waals surface area (Å²) in [4.78, 5) is 14.1. The van der Waals surface area contributed by atoms with Gasteiger partial charge in [-0.2, -0.15) is 0 Å². The van der Waals surface area contributed by atoms with E-state index in [0.29, 0.717) is 18.8 Å². The van der Waals surface area contributed by atoms with Crippen LogP contribution >= 0.6 is 0 Å². The molecule has 1 atom stereocenters. The van der Waals surface area contributed by atoms with Crippen LogP contribution in [0.3, 0.4) is 0 Å². The maximum Gasteiger partial charge on any atom is 0.244 e. The van der Waals surface area contributed by atoms with Crippen molar-refractivity contribution < 1.29 is 13.9 Å². The number of hydrogen-bond acceptors (Lipinski definition) is 3. The number of rotatable bonds is 6. The second-order valence-electron chi connectivity index (χ2n) is 5.19. The first-order valence-electron chi connectivity index (χ1n) is 7.64. The summed E-state index contributed by atoms with van der Waals surface area (Å²) in [6.07, 6.45) is 2.75. The number of ether oxygens (including phenoxy) is 1. The first-order chi connectivity index (χ1) is 10.2. The SMILES string of the molecule is CCCNC1CCCN(c2ccc(OCC)c(F)c2)C1=O. The fraction of sp³-hybridized carbons (Fsp3) is 0.562. The summed E-state index contributed by atoms with van der Waals surface area (Å²) < 4.78 is 19.1. The zero-order valence-corrected chi connectivity index (χ0v) is 12.7. The molecule has 5 heteroatoms. The number of benzene rings is 1. The molecule has 1 heterocycles. The van der Waals surface area contributed by atoms with Crippen LogP contribution in [0.15, 0.2) is 18.2 Å². The average molecular weight is 294 g/mol. The molecule has 0 radical (unpaired) electrons. The van der Waals surface area contributed by atoms with Crippen LogP contribution in [-0.4, -0.2) is 31.6 Å². The summed E-state index contributed by atoms with van der Waals surface area (Å²) in [6.45, 7) is 5.76. The normalized spacial score (nSPS) is 18.9. The lowest BCUT2D eigenvalue weighted by Crippen LogP contribution is -2.51. The van der Waals surface area contributed by atoms with E-state index in [-0.39, 0.29) is 17.7 Å². The minimum Gasteiger partial charge on any atom is -0.491 e. The summed E-state index contributed by atoms with van der Waals surface area (Å²) in [5.74, 6) is -0.171. The number of anilines is 1. The van der Waals surface area contributed by atoms with Crippen molar-refractivity contribution >= 4 is 11.6 Å². The first kappa shape index (κ1) is 15.8. The largest absolute Gasteiger partial charge is 0.491 e. The average Bonchev–Trinajstić information content (AvgIpc) is 2.48. The van der Waals surface area contributed by atoms with E-state index in [4.69, 9.17) is 4.74 Å². The predicted octanol–water partition coefficient (Wildman–Crippen LogP) is 2.72. The molecule has 116 valence electrons. The van der Waals surface area contributed by atoms with Gasteiger partial charge in [0.25, 0.3) is 0 Å². The highest BCUT2D eigenvalue weighted by atomic mass is 19.1. The van der Waals surface area contributed by atoms with Crippen molar-refractivity contribution in [1.29, 1.82) is 0 Å². The quantitative estimate of drug-likeness (QED) is 0.877. The van der Waals surface area contributed by atoms with Gasteiger partial charge in [-0.25, -0.2) is 4.39 Å². The Morgan fingerprint density at radius 2 is 2.24 bits per heavy atom. The highest BCUT2D eigenvalue weighted by Crippen LogP contribution is 2.26. The molecule has 0 aromatic heterocycles. The first-order valence-corrected chi connectivity index (χ1v) is 7.64. The number of nitrogens with one attached hydrogen (secondary N) is 1. The molecule has 2 rings (SSSR count). The molecule has 1 aliphatic heterocycles. The van der Waals surface area contributed by atoms with E-state index in [2.05, 4.69) is 12.2 Å². The second-order valence-corrected chi connectivity index (χ2v) is 5.19. The number of carbonyl (C=O) groups is 1. The Kier molecular flexibility index (Phi) is 5.56. The van der Waals surface area contributed by atoms with E-state index in [9.17, 15) is 9.18 Å². The Morgan fingerprint density at radius 1 is 1.43 bits per heavy atom. The predicted molar refractivity (Wildman–Crippen MR) is 81.2 cm³/mol. The molecule has 0 bridgehead atoms. The van der Waals surface area contributed by atoms with Crippen LogP contribution in [0.25, 0.3) is 0 Å². The van der Waals surface area contributed by atoms with Crippen molar-refractivity contribution in [1.82, 2.24) is 5.32 Å². The third-order valence-electron chi connectivity index (χ3n) is 3.61. The zero-order valence-electron chi connectivity index (χ0n) is 12.7. The number of hydrogen-bond donors (Lipinski definition) is 1. The van der Waals surface area contributed by atoms with Crippen molar-refractivity contribution in [3.8, 4) is 5.75 Å². The molecule has 1 unspecified atom stereocenters. The molecule has 1 aromatic carbocycles. The molecule has 1 aromatic rings. The van der Waals surface area contributed by atoms with Crippen LogP contribution in [0.2, 0.25) is 0 Å². The maximum absolute atomic E-state index is 13.9. The summed E-state index contributed by atoms with van der Waals surface area (Å²) in [5, 5.41) is 3.26. The van der Waals surface area contributed by atoms with Crippen LogP contribution in [-0.2, 0) is 4.79 Å². The summed E-state index contributed by atoms with van der Waals surface area (Å²) >= 11 is 0. The van der Waals surface area contributed by atoms with E-state index in [1.807, 2.05) is 6.92 Å². The Hall–Kier alpha value is -1.62. The lowest BCUT2D eigenvalue weighted by molar-refractivity contribution is -0.121. The van der Waals surface area contributed by atoms with Gasteiger partial charge in [0.05, 0.1) is 12.6 Å². The van der Waals surface area contributed by atoms with Gasteiger partial charge in [0.2, 0.25) is 5.91 Å². The Balaban J connectivity index is 2.13. The molecule has 1 N–H and O–H groups in total. The molecule has 0 spiro atoms. The van der Waals surface area contributed by atoms with Crippen molar-refractivity contribution in [3.63, 3.8) is 0 Å². The highest BCUT2D eigenvalue weighted by Gasteiger charge is 2.29. The topological polar surface area (TPSA) is 41.6 Å². The third kappa shape index (κ3) is 3.73. The van der Waals surface area contributed by atoms with Crippen LogP contribution in [0.4, 0.5) is 10.1 Å². The van der Waals surface area contributed by atoms with Gasteiger partial charge in [0.1, 0.15) is 0 Å². The standard InChI is InChI=1S/C16H23FN2O2/c1-3-9-18-14-6-5-10-19(16(14)20)12-7-8-15(21-4-2)13(17)11-12/h7-8,11,14,18H,3-6,9-10H2,1-2H3. The number of amides is 1. The molecule has 0 saturated carbocycles. The van der Waals surface area contributed by atoms with Crippen molar-refractivity contribution in [3.05, 3.63) is 24.0 Å². The smallest absolute Gasteiger partial charge is 0.244 e. The molecule has 1 amide bonds. The van der Waals surface area contributed by atoms with Gasteiger partial charge >= 0.3 is 0 Å². The van der Waals surface area contributed by atoms with E-state index < -0.39 is 5.82 Å². The van der Waals surface area contributed by atoms with E-state index in [0.717, 1.165) is 25.8 Å². The molecular formula is C16H23FN2O2. The lowest BCUT2D eigenvalue weighted by Gasteiger charge is -2.33. The summed E-state index contributed by atoms with van der Waals surface area (Å²) in [6, 6.07) is 4.55. The van der Waals surface area contributed by atoms with Crippen LogP contribution in [0.5, 0.6) is 5.75 Å². The highest BCUT2D eigenvalue weighted by molar-refractivity contribution is 5.98. The summed E-state index contributed by atoms with van der Waals surface area (Å²) in [5.41, 5.74) is 0.601. The molecule has 1 fully saturated rings. The molecular weight excluding hydrogens is 271 g/mol. The molecule has 0 aliphatic carbocycles. The maximum atomic E-state index is 13.9. The zero-order chi connectivity index (χ0) is 15.2. The third-order valence-corrected chi connectivity index (χ3v) is 3.61. The van der Waals surface area contributed by atoms with E-state index >= 15 is 0 Å². The van der Waals surface area contributed by atoms with Gasteiger partial charge in [-0.15, -0.1) is 0 Å². The summed E-state index contributed by atoms with van der Waals surface area (Å²) in [7, 11) is 0. The van der Waals surface area contributed by atoms with E-state index in [1.54, 1.807) is 17.0 Å². The van der Waals surface area contributed by atoms with Crippen molar-refractivity contribution in [2.45, 2.75) is 39.2 Å². The Morgan fingerprint density at radius 3 is 2.90 bits per heavy atom. The van der Waals surface area contributed by atoms with Gasteiger partial charge in [-0.1, -0.05) is 6.92 Å². The molecule has 1 saturated heterocycles. The molecule has 1 aliphatic rings. The number of carbonyl (C=O) groups excluding carboxylic acids is 1. The second kappa shape index (κ2) is 7.41. The molecule has 21 heavy (non-hydrogen) atoms. The van der Waals surface area contributed by atoms with Crippen molar-refractivity contribution in [2.75, 3.05) is 24.6 Å². The minimum atomic E-state index is -0.425. The number of piperidine rings is 1. The van der Waals surface area contributed by atoms with Gasteiger partial charge in [0, 0.05) is 18.3 Å². The minimum absolute atomic E-state index is 0.0262. The van der Waals surface area contributed by atoms with Gasteiger partial charge in [-0.05, 0) is 44.9 Å². The van der Waals surface area contributed by atoms with E-state index in [1.165, 1.54) is 6.07 Å². The monoisotopic (exact) mass is 294 g/mol. The van der Waals surface area contributed by atoms with Gasteiger partial charge in [0.15, 0.2) is 11.6 Å². The van der Waals surface area contributed by atoms with Gasteiger partial charge in [-0.3, -0.25) is 4.79 Å². The van der Waals surface area contributed by atoms with Crippen LogP contribution in [0, 0.1) is 5.82 Å². The van der Waals surface area contributed by atoms with Crippen LogP contribution < -0.4 is 15.0 Å². The van der Waals surface area contributed by atoms with Crippen molar-refractivity contribution in [2.24, 2.45) is 0 Å². The Labute approximate surface area is 125 Å². The fourth-order valence-electron chi connectivity index (χ4n) is 2.57. The number of nitrogens with zero attached hydrogens (tertiary/aromatic N) is 1. The Bertz CT molecular complexity index is 493. The van der Waals surface area contributed by atoms with Crippen LogP contribution in [0.1, 0.15) is 33.1 Å². The lowest BCUT2D eigenvalue weighted by atomic mass is 10.0.